The number of anilines is 1. The van der Waals surface area contributed by atoms with Gasteiger partial charge in [0, 0.05) is 29.8 Å². The Bertz CT molecular complexity index is 1060. The monoisotopic (exact) mass is 352 g/mol. The van der Waals surface area contributed by atoms with Crippen LogP contribution in [-0.2, 0) is 6.54 Å². The fourth-order valence-corrected chi connectivity index (χ4v) is 2.65. The maximum atomic E-state index is 12.7. The third kappa shape index (κ3) is 3.30. The SMILES string of the molecule is CCCn1nc(C(=O)Nc2cccc([N+](=O)[O-])c2)c2ccccc2c1=O. The minimum absolute atomic E-state index is 0.0974. The van der Waals surface area contributed by atoms with Gasteiger partial charge in [-0.05, 0) is 18.6 Å². The first kappa shape index (κ1) is 17.3. The zero-order valence-corrected chi connectivity index (χ0v) is 14.0. The number of carbonyl (C=O) groups is 1. The van der Waals surface area contributed by atoms with Gasteiger partial charge in [-0.15, -0.1) is 0 Å². The van der Waals surface area contributed by atoms with Crippen molar-refractivity contribution in [1.82, 2.24) is 9.78 Å². The van der Waals surface area contributed by atoms with Gasteiger partial charge in [0.1, 0.15) is 0 Å². The fourth-order valence-electron chi connectivity index (χ4n) is 2.65. The van der Waals surface area contributed by atoms with Gasteiger partial charge in [0.15, 0.2) is 5.69 Å². The smallest absolute Gasteiger partial charge is 0.276 e. The second-order valence-corrected chi connectivity index (χ2v) is 5.68. The van der Waals surface area contributed by atoms with Gasteiger partial charge in [-0.1, -0.05) is 31.2 Å². The summed E-state index contributed by atoms with van der Waals surface area (Å²) < 4.78 is 1.27. The number of nitrogens with one attached hydrogen (secondary N) is 1. The van der Waals surface area contributed by atoms with E-state index in [9.17, 15) is 19.7 Å². The Morgan fingerprint density at radius 1 is 1.19 bits per heavy atom. The number of carbonyl (C=O) groups excluding carboxylic acids is 1. The molecule has 1 aromatic heterocycles. The molecule has 26 heavy (non-hydrogen) atoms. The lowest BCUT2D eigenvalue weighted by atomic mass is 10.1. The van der Waals surface area contributed by atoms with Crippen molar-refractivity contribution in [1.29, 1.82) is 0 Å². The van der Waals surface area contributed by atoms with Crippen molar-refractivity contribution in [2.45, 2.75) is 19.9 Å². The van der Waals surface area contributed by atoms with E-state index in [0.717, 1.165) is 0 Å². The molecule has 0 aliphatic heterocycles. The molecule has 0 aliphatic carbocycles. The van der Waals surface area contributed by atoms with Gasteiger partial charge in [-0.3, -0.25) is 19.7 Å². The van der Waals surface area contributed by atoms with E-state index in [-0.39, 0.29) is 22.6 Å². The largest absolute Gasteiger partial charge is 0.320 e. The topological polar surface area (TPSA) is 107 Å². The van der Waals surface area contributed by atoms with Crippen molar-refractivity contribution < 1.29 is 9.72 Å². The molecule has 0 atom stereocenters. The van der Waals surface area contributed by atoms with E-state index in [2.05, 4.69) is 10.4 Å². The standard InChI is InChI=1S/C18H16N4O4/c1-2-10-21-18(24)15-9-4-3-8-14(15)16(20-21)17(23)19-12-6-5-7-13(11-12)22(25)26/h3-9,11H,2,10H2,1H3,(H,19,23). The lowest BCUT2D eigenvalue weighted by Crippen LogP contribution is -2.27. The number of nitrogens with zero attached hydrogens (tertiary/aromatic N) is 3. The molecule has 0 unspecified atom stereocenters. The first-order valence-electron chi connectivity index (χ1n) is 8.07. The Balaban J connectivity index is 2.05. The van der Waals surface area contributed by atoms with Gasteiger partial charge < -0.3 is 5.32 Å². The summed E-state index contributed by atoms with van der Waals surface area (Å²) in [6.07, 6.45) is 0.692. The van der Waals surface area contributed by atoms with Crippen LogP contribution in [0.25, 0.3) is 10.8 Å². The van der Waals surface area contributed by atoms with Crippen LogP contribution >= 0.6 is 0 Å². The van der Waals surface area contributed by atoms with Gasteiger partial charge in [0.2, 0.25) is 0 Å². The van der Waals surface area contributed by atoms with E-state index >= 15 is 0 Å². The minimum atomic E-state index is -0.537. The predicted octanol–water partition coefficient (Wildman–Crippen LogP) is 2.97. The number of fused-ring (bicyclic) bond motifs is 1. The van der Waals surface area contributed by atoms with Crippen LogP contribution in [0.3, 0.4) is 0 Å². The number of amides is 1. The zero-order chi connectivity index (χ0) is 18.7. The molecule has 0 spiro atoms. The molecule has 1 amide bonds. The van der Waals surface area contributed by atoms with E-state index < -0.39 is 10.8 Å². The highest BCUT2D eigenvalue weighted by Gasteiger charge is 2.17. The normalized spacial score (nSPS) is 10.7. The highest BCUT2D eigenvalue weighted by Crippen LogP contribution is 2.19. The summed E-state index contributed by atoms with van der Waals surface area (Å²) in [6.45, 7) is 2.30. The molecule has 2 aromatic carbocycles. The van der Waals surface area contributed by atoms with Crippen LogP contribution < -0.4 is 10.9 Å². The van der Waals surface area contributed by atoms with Crippen LogP contribution in [0.15, 0.2) is 53.3 Å². The number of benzene rings is 2. The second-order valence-electron chi connectivity index (χ2n) is 5.68. The molecule has 0 saturated heterocycles. The van der Waals surface area contributed by atoms with Crippen molar-refractivity contribution in [2.75, 3.05) is 5.32 Å². The zero-order valence-electron chi connectivity index (χ0n) is 14.0. The molecule has 0 aliphatic rings. The summed E-state index contributed by atoms with van der Waals surface area (Å²) >= 11 is 0. The number of hydrogen-bond donors (Lipinski definition) is 1. The lowest BCUT2D eigenvalue weighted by molar-refractivity contribution is -0.384. The van der Waals surface area contributed by atoms with Crippen molar-refractivity contribution in [2.24, 2.45) is 0 Å². The van der Waals surface area contributed by atoms with Crippen LogP contribution in [0.4, 0.5) is 11.4 Å². The van der Waals surface area contributed by atoms with Crippen LogP contribution in [0.2, 0.25) is 0 Å². The molecular weight excluding hydrogens is 336 g/mol. The minimum Gasteiger partial charge on any atom is -0.320 e. The molecule has 3 rings (SSSR count). The number of aryl methyl sites for hydroxylation is 1. The van der Waals surface area contributed by atoms with Crippen LogP contribution in [-0.4, -0.2) is 20.6 Å². The maximum Gasteiger partial charge on any atom is 0.276 e. The third-order valence-corrected chi connectivity index (χ3v) is 3.83. The van der Waals surface area contributed by atoms with Crippen molar-refractivity contribution in [3.8, 4) is 0 Å². The second kappa shape index (κ2) is 7.14. The molecule has 0 radical (unpaired) electrons. The van der Waals surface area contributed by atoms with Gasteiger partial charge in [-0.25, -0.2) is 4.68 Å². The van der Waals surface area contributed by atoms with Crippen molar-refractivity contribution in [3.63, 3.8) is 0 Å². The van der Waals surface area contributed by atoms with E-state index in [1.807, 2.05) is 6.92 Å². The molecule has 8 heteroatoms. The van der Waals surface area contributed by atoms with E-state index in [0.29, 0.717) is 23.7 Å². The highest BCUT2D eigenvalue weighted by atomic mass is 16.6. The Labute approximate surface area is 148 Å². The van der Waals surface area contributed by atoms with E-state index in [4.69, 9.17) is 0 Å². The summed E-state index contributed by atoms with van der Waals surface area (Å²) in [5, 5.41) is 18.5. The molecule has 8 nitrogen and oxygen atoms in total. The van der Waals surface area contributed by atoms with Crippen LogP contribution in [0.5, 0.6) is 0 Å². The fraction of sp³-hybridized carbons (Fsp3) is 0.167. The first-order valence-corrected chi connectivity index (χ1v) is 8.07. The molecule has 132 valence electrons. The molecule has 0 bridgehead atoms. The highest BCUT2D eigenvalue weighted by molar-refractivity contribution is 6.11. The Morgan fingerprint density at radius 2 is 1.92 bits per heavy atom. The number of aromatic nitrogens is 2. The summed E-state index contributed by atoms with van der Waals surface area (Å²) in [6, 6.07) is 12.4. The summed E-state index contributed by atoms with van der Waals surface area (Å²) in [4.78, 5) is 35.5. The quantitative estimate of drug-likeness (QED) is 0.561. The Hall–Kier alpha value is -3.55. The number of nitro benzene ring substituents is 1. The van der Waals surface area contributed by atoms with Gasteiger partial charge in [-0.2, -0.15) is 5.10 Å². The number of rotatable bonds is 5. The van der Waals surface area contributed by atoms with Crippen LogP contribution in [0, 0.1) is 10.1 Å². The predicted molar refractivity (Wildman–Crippen MR) is 97.3 cm³/mol. The molecule has 1 N–H and O–H groups in total. The summed E-state index contributed by atoms with van der Waals surface area (Å²) in [7, 11) is 0. The molecule has 0 saturated carbocycles. The average Bonchev–Trinajstić information content (AvgIpc) is 2.64. The van der Waals surface area contributed by atoms with Gasteiger partial charge in [0.25, 0.3) is 17.2 Å². The molecular formula is C18H16N4O4. The van der Waals surface area contributed by atoms with E-state index in [1.54, 1.807) is 30.3 Å². The third-order valence-electron chi connectivity index (χ3n) is 3.83. The molecule has 3 aromatic rings. The maximum absolute atomic E-state index is 12.7. The van der Waals surface area contributed by atoms with Gasteiger partial charge >= 0.3 is 0 Å². The molecule has 0 fully saturated rings. The van der Waals surface area contributed by atoms with Crippen LogP contribution in [0.1, 0.15) is 23.8 Å². The Morgan fingerprint density at radius 3 is 2.62 bits per heavy atom. The average molecular weight is 352 g/mol. The first-order chi connectivity index (χ1) is 12.5. The van der Waals surface area contributed by atoms with Crippen molar-refractivity contribution >= 4 is 28.1 Å². The summed E-state index contributed by atoms with van der Waals surface area (Å²) in [5.41, 5.74) is -0.00519. The van der Waals surface area contributed by atoms with E-state index in [1.165, 1.54) is 22.9 Å². The number of non-ortho nitro benzene ring substituents is 1. The lowest BCUT2D eigenvalue weighted by Gasteiger charge is -2.10. The number of nitro groups is 1. The summed E-state index contributed by atoms with van der Waals surface area (Å²) in [5.74, 6) is -0.536. The van der Waals surface area contributed by atoms with Gasteiger partial charge in [0.05, 0.1) is 10.3 Å². The number of hydrogen-bond acceptors (Lipinski definition) is 5. The Kier molecular flexibility index (Phi) is 4.74. The van der Waals surface area contributed by atoms with Crippen molar-refractivity contribution in [3.05, 3.63) is 74.7 Å². The molecule has 1 heterocycles.